The smallest absolute Gasteiger partial charge is 0.0323 e. The average molecular weight is 290 g/mol. The van der Waals surface area contributed by atoms with Crippen molar-refractivity contribution in [1.29, 1.82) is 0 Å². The summed E-state index contributed by atoms with van der Waals surface area (Å²) >= 11 is 0. The van der Waals surface area contributed by atoms with Crippen molar-refractivity contribution in [2.45, 2.75) is 79.2 Å². The maximum Gasteiger partial charge on any atom is 0.0323 e. The standard InChI is InChI=1S/C20H35N/c1-8-21-20(12-9-14(2)3)18-11-10-17(15(4)5)13-19(18)16(6)7/h10-11,13-16,20-21H,8-9,12H2,1-7H3. The summed E-state index contributed by atoms with van der Waals surface area (Å²) in [5, 5.41) is 3.70. The first kappa shape index (κ1) is 18.2. The van der Waals surface area contributed by atoms with Gasteiger partial charge in [-0.15, -0.1) is 0 Å². The van der Waals surface area contributed by atoms with Crippen molar-refractivity contribution in [3.63, 3.8) is 0 Å². The molecule has 0 aliphatic rings. The quantitative estimate of drug-likeness (QED) is 0.617. The van der Waals surface area contributed by atoms with Gasteiger partial charge in [0.1, 0.15) is 0 Å². The molecule has 0 fully saturated rings. The van der Waals surface area contributed by atoms with Gasteiger partial charge in [0.05, 0.1) is 0 Å². The van der Waals surface area contributed by atoms with Crippen LogP contribution in [0.4, 0.5) is 0 Å². The Kier molecular flexibility index (Phi) is 7.45. The van der Waals surface area contributed by atoms with Crippen LogP contribution >= 0.6 is 0 Å². The third-order valence-electron chi connectivity index (χ3n) is 4.26. The zero-order valence-electron chi connectivity index (χ0n) is 15.2. The molecule has 120 valence electrons. The van der Waals surface area contributed by atoms with E-state index in [-0.39, 0.29) is 0 Å². The second-order valence-electron chi connectivity index (χ2n) is 7.28. The molecule has 0 bridgehead atoms. The summed E-state index contributed by atoms with van der Waals surface area (Å²) in [5.74, 6) is 1.95. The van der Waals surface area contributed by atoms with Crippen molar-refractivity contribution in [3.8, 4) is 0 Å². The van der Waals surface area contributed by atoms with E-state index in [9.17, 15) is 0 Å². The molecule has 1 atom stereocenters. The molecule has 0 amide bonds. The summed E-state index contributed by atoms with van der Waals surface area (Å²) in [6, 6.07) is 7.63. The molecule has 0 spiro atoms. The molecule has 0 saturated heterocycles. The van der Waals surface area contributed by atoms with E-state index in [1.807, 2.05) is 0 Å². The van der Waals surface area contributed by atoms with Gasteiger partial charge in [-0.1, -0.05) is 66.7 Å². The molecular weight excluding hydrogens is 254 g/mol. The maximum absolute atomic E-state index is 3.70. The van der Waals surface area contributed by atoms with Crippen LogP contribution in [0.25, 0.3) is 0 Å². The van der Waals surface area contributed by atoms with Gasteiger partial charge in [0.15, 0.2) is 0 Å². The van der Waals surface area contributed by atoms with Crippen molar-refractivity contribution in [2.75, 3.05) is 6.54 Å². The first-order valence-corrected chi connectivity index (χ1v) is 8.73. The Morgan fingerprint density at radius 2 is 1.52 bits per heavy atom. The summed E-state index contributed by atoms with van der Waals surface area (Å²) in [6.07, 6.45) is 2.51. The molecule has 1 aromatic rings. The fourth-order valence-corrected chi connectivity index (χ4v) is 2.88. The second kappa shape index (κ2) is 8.58. The van der Waals surface area contributed by atoms with Gasteiger partial charge >= 0.3 is 0 Å². The SMILES string of the molecule is CCNC(CCC(C)C)c1ccc(C(C)C)cc1C(C)C. The predicted octanol–water partition coefficient (Wildman–Crippen LogP) is 6.02. The summed E-state index contributed by atoms with van der Waals surface area (Å²) in [7, 11) is 0. The topological polar surface area (TPSA) is 12.0 Å². The predicted molar refractivity (Wildman–Crippen MR) is 95.1 cm³/mol. The summed E-state index contributed by atoms with van der Waals surface area (Å²) in [6.45, 7) is 17.1. The molecule has 0 saturated carbocycles. The molecular formula is C20H35N. The minimum atomic E-state index is 0.496. The van der Waals surface area contributed by atoms with Crippen LogP contribution in [-0.2, 0) is 0 Å². The highest BCUT2D eigenvalue weighted by Gasteiger charge is 2.17. The Hall–Kier alpha value is -0.820. The average Bonchev–Trinajstić information content (AvgIpc) is 2.42. The van der Waals surface area contributed by atoms with Crippen molar-refractivity contribution in [1.82, 2.24) is 5.32 Å². The van der Waals surface area contributed by atoms with Crippen molar-refractivity contribution >= 4 is 0 Å². The number of rotatable bonds is 8. The van der Waals surface area contributed by atoms with Crippen LogP contribution in [0.1, 0.15) is 95.9 Å². The van der Waals surface area contributed by atoms with Gasteiger partial charge < -0.3 is 5.32 Å². The first-order valence-electron chi connectivity index (χ1n) is 8.73. The van der Waals surface area contributed by atoms with Gasteiger partial charge in [-0.05, 0) is 53.8 Å². The van der Waals surface area contributed by atoms with Crippen LogP contribution in [0.5, 0.6) is 0 Å². The molecule has 1 aromatic carbocycles. The van der Waals surface area contributed by atoms with E-state index < -0.39 is 0 Å². The normalized spacial score (nSPS) is 13.4. The molecule has 0 aromatic heterocycles. The zero-order chi connectivity index (χ0) is 16.0. The van der Waals surface area contributed by atoms with Crippen LogP contribution in [-0.4, -0.2) is 6.54 Å². The van der Waals surface area contributed by atoms with Gasteiger partial charge in [0.25, 0.3) is 0 Å². The van der Waals surface area contributed by atoms with E-state index in [1.165, 1.54) is 29.5 Å². The van der Waals surface area contributed by atoms with E-state index >= 15 is 0 Å². The van der Waals surface area contributed by atoms with Crippen molar-refractivity contribution in [3.05, 3.63) is 34.9 Å². The van der Waals surface area contributed by atoms with Crippen LogP contribution in [0.15, 0.2) is 18.2 Å². The van der Waals surface area contributed by atoms with Gasteiger partial charge in [-0.25, -0.2) is 0 Å². The molecule has 0 aliphatic heterocycles. The molecule has 21 heavy (non-hydrogen) atoms. The Morgan fingerprint density at radius 1 is 0.857 bits per heavy atom. The highest BCUT2D eigenvalue weighted by molar-refractivity contribution is 5.37. The summed E-state index contributed by atoms with van der Waals surface area (Å²) in [5.41, 5.74) is 4.49. The molecule has 0 heterocycles. The van der Waals surface area contributed by atoms with E-state index in [1.54, 1.807) is 0 Å². The first-order chi connectivity index (χ1) is 9.86. The molecule has 1 nitrogen and oxygen atoms in total. The minimum Gasteiger partial charge on any atom is -0.310 e. The Labute approximate surface area is 132 Å². The van der Waals surface area contributed by atoms with E-state index in [2.05, 4.69) is 72.0 Å². The van der Waals surface area contributed by atoms with Crippen LogP contribution in [0, 0.1) is 5.92 Å². The molecule has 0 aliphatic carbocycles. The van der Waals surface area contributed by atoms with Crippen molar-refractivity contribution in [2.24, 2.45) is 5.92 Å². The number of hydrogen-bond acceptors (Lipinski definition) is 1. The zero-order valence-corrected chi connectivity index (χ0v) is 15.2. The number of hydrogen-bond donors (Lipinski definition) is 1. The third-order valence-corrected chi connectivity index (χ3v) is 4.26. The molecule has 1 N–H and O–H groups in total. The van der Waals surface area contributed by atoms with Gasteiger partial charge in [-0.2, -0.15) is 0 Å². The lowest BCUT2D eigenvalue weighted by molar-refractivity contribution is 0.445. The highest BCUT2D eigenvalue weighted by Crippen LogP contribution is 2.31. The van der Waals surface area contributed by atoms with Crippen LogP contribution in [0.3, 0.4) is 0 Å². The van der Waals surface area contributed by atoms with Crippen molar-refractivity contribution < 1.29 is 0 Å². The largest absolute Gasteiger partial charge is 0.310 e. The van der Waals surface area contributed by atoms with E-state index in [0.29, 0.717) is 17.9 Å². The number of benzene rings is 1. The summed E-state index contributed by atoms with van der Waals surface area (Å²) < 4.78 is 0. The number of nitrogens with one attached hydrogen (secondary N) is 1. The Balaban J connectivity index is 3.10. The summed E-state index contributed by atoms with van der Waals surface area (Å²) in [4.78, 5) is 0. The van der Waals surface area contributed by atoms with Gasteiger partial charge in [0, 0.05) is 6.04 Å². The lowest BCUT2D eigenvalue weighted by Gasteiger charge is -2.25. The van der Waals surface area contributed by atoms with Gasteiger partial charge in [0.2, 0.25) is 0 Å². The molecule has 1 rings (SSSR count). The minimum absolute atomic E-state index is 0.496. The van der Waals surface area contributed by atoms with Gasteiger partial charge in [-0.3, -0.25) is 0 Å². The Morgan fingerprint density at radius 3 is 2.00 bits per heavy atom. The highest BCUT2D eigenvalue weighted by atomic mass is 14.9. The van der Waals surface area contributed by atoms with Crippen LogP contribution < -0.4 is 5.32 Å². The monoisotopic (exact) mass is 289 g/mol. The van der Waals surface area contributed by atoms with Crippen LogP contribution in [0.2, 0.25) is 0 Å². The maximum atomic E-state index is 3.70. The fourth-order valence-electron chi connectivity index (χ4n) is 2.88. The van der Waals surface area contributed by atoms with E-state index in [0.717, 1.165) is 12.5 Å². The lowest BCUT2D eigenvalue weighted by atomic mass is 9.86. The Bertz CT molecular complexity index is 418. The molecule has 1 unspecified atom stereocenters. The fraction of sp³-hybridized carbons (Fsp3) is 0.700. The second-order valence-corrected chi connectivity index (χ2v) is 7.28. The van der Waals surface area contributed by atoms with E-state index in [4.69, 9.17) is 0 Å². The third kappa shape index (κ3) is 5.47. The lowest BCUT2D eigenvalue weighted by Crippen LogP contribution is -2.23. The molecule has 0 radical (unpaired) electrons. The molecule has 1 heteroatoms.